The van der Waals surface area contributed by atoms with Gasteiger partial charge in [-0.2, -0.15) is 0 Å². The van der Waals surface area contributed by atoms with Gasteiger partial charge in [-0.1, -0.05) is 30.3 Å². The van der Waals surface area contributed by atoms with Crippen LogP contribution in [0.2, 0.25) is 0 Å². The van der Waals surface area contributed by atoms with Gasteiger partial charge in [0.05, 0.1) is 41.3 Å². The summed E-state index contributed by atoms with van der Waals surface area (Å²) in [6, 6.07) is 9.80. The normalized spacial score (nSPS) is 17.2. The average Bonchev–Trinajstić information content (AvgIpc) is 3.74. The van der Waals surface area contributed by atoms with E-state index in [0.29, 0.717) is 5.57 Å². The fourth-order valence-corrected chi connectivity index (χ4v) is 6.38. The number of nitrogens with zero attached hydrogens (tertiary/aromatic N) is 3. The molecule has 2 aliphatic rings. The Morgan fingerprint density at radius 3 is 2.08 bits per heavy atom. The molecular formula is C34H43N3O12S2. The zero-order chi connectivity index (χ0) is 37.2. The number of hydrogen-bond donors (Lipinski definition) is 1. The van der Waals surface area contributed by atoms with E-state index in [4.69, 9.17) is 13.9 Å². The number of aliphatic hydroxyl groups excluding tert-OH is 1. The molecule has 0 saturated carbocycles. The zero-order valence-electron chi connectivity index (χ0n) is 28.6. The van der Waals surface area contributed by atoms with E-state index in [2.05, 4.69) is 4.90 Å². The van der Waals surface area contributed by atoms with Crippen LogP contribution in [-0.4, -0.2) is 106 Å². The third-order valence-electron chi connectivity index (χ3n) is 8.17. The first-order valence-electron chi connectivity index (χ1n) is 16.4. The average molecular weight is 750 g/mol. The molecule has 51 heavy (non-hydrogen) atoms. The van der Waals surface area contributed by atoms with Crippen molar-refractivity contribution < 1.29 is 50.3 Å². The van der Waals surface area contributed by atoms with Crippen molar-refractivity contribution in [2.45, 2.75) is 44.8 Å². The molecule has 1 aromatic heterocycles. The Bertz CT molecular complexity index is 1870. The van der Waals surface area contributed by atoms with Crippen molar-refractivity contribution in [3.05, 3.63) is 98.5 Å². The van der Waals surface area contributed by atoms with Crippen LogP contribution in [0.5, 0.6) is 0 Å². The summed E-state index contributed by atoms with van der Waals surface area (Å²) in [6.45, 7) is 1.46. The number of nitro groups is 1. The van der Waals surface area contributed by atoms with Crippen molar-refractivity contribution in [3.63, 3.8) is 0 Å². The molecule has 1 unspecified atom stereocenters. The van der Waals surface area contributed by atoms with Crippen LogP contribution in [-0.2, 0) is 51.8 Å². The highest BCUT2D eigenvalue weighted by atomic mass is 32.2. The van der Waals surface area contributed by atoms with Gasteiger partial charge in [-0.25, -0.2) is 26.4 Å². The van der Waals surface area contributed by atoms with Crippen LogP contribution in [0.3, 0.4) is 0 Å². The lowest BCUT2D eigenvalue weighted by atomic mass is 9.93. The minimum Gasteiger partial charge on any atom is -0.461 e. The van der Waals surface area contributed by atoms with Crippen LogP contribution in [0.15, 0.2) is 75.9 Å². The molecule has 1 N–H and O–H groups in total. The number of carbonyl (C=O) groups is 2. The highest BCUT2D eigenvalue weighted by Gasteiger charge is 2.30. The summed E-state index contributed by atoms with van der Waals surface area (Å²) in [4.78, 5) is 42.0. The van der Waals surface area contributed by atoms with Crippen LogP contribution in [0, 0.1) is 10.1 Å². The fraction of sp³-hybridized carbons (Fsp3) is 0.471. The Morgan fingerprint density at radius 1 is 0.922 bits per heavy atom. The van der Waals surface area contributed by atoms with Crippen LogP contribution in [0.4, 0.5) is 5.88 Å². The van der Waals surface area contributed by atoms with Crippen molar-refractivity contribution >= 4 is 37.5 Å². The Hall–Kier alpha value is -4.32. The number of carbonyl (C=O) groups excluding carboxylic acids is 2. The molecule has 3 heterocycles. The molecule has 2 aliphatic heterocycles. The van der Waals surface area contributed by atoms with Gasteiger partial charge >= 0.3 is 17.8 Å². The molecule has 0 bridgehead atoms. The molecule has 1 atom stereocenters. The Balaban J connectivity index is 1.84. The second-order valence-corrected chi connectivity index (χ2v) is 17.1. The lowest BCUT2D eigenvalue weighted by Crippen LogP contribution is -2.28. The highest BCUT2D eigenvalue weighted by Crippen LogP contribution is 2.34. The van der Waals surface area contributed by atoms with E-state index in [1.807, 2.05) is 30.3 Å². The third kappa shape index (κ3) is 12.4. The van der Waals surface area contributed by atoms with Gasteiger partial charge in [0.2, 0.25) is 0 Å². The van der Waals surface area contributed by atoms with E-state index in [1.54, 1.807) is 4.90 Å². The van der Waals surface area contributed by atoms with Gasteiger partial charge in [-0.15, -0.1) is 0 Å². The molecule has 4 rings (SSSR count). The standard InChI is InChI=1S/C34H43N3O12S2/c1-50(43,44)18-16-47-33(39)29-20-26(6-5-15-38)21-31(27-9-7-25(8-10-27)22-35-13-3-4-14-35)36(23-28-11-12-32(49-28)37(41)42)24-30(29)34(40)48-17-19-51(2,45)46/h7-12,20-21,24,31,38H,3-6,13-19,22-23H2,1-2H3. The van der Waals surface area contributed by atoms with Gasteiger partial charge in [0.1, 0.15) is 23.9 Å². The highest BCUT2D eigenvalue weighted by molar-refractivity contribution is 7.90. The Kier molecular flexibility index (Phi) is 13.7. The molecule has 0 spiro atoms. The summed E-state index contributed by atoms with van der Waals surface area (Å²) in [5.74, 6) is -3.42. The summed E-state index contributed by atoms with van der Waals surface area (Å²) in [7, 11) is -7.03. The molecule has 2 aromatic rings. The molecule has 0 aliphatic carbocycles. The number of sulfone groups is 2. The van der Waals surface area contributed by atoms with E-state index < -0.39 is 73.2 Å². The second kappa shape index (κ2) is 17.7. The SMILES string of the molecule is CS(=O)(=O)CCOC(=O)C1=CC(CCCO)=CC(c2ccc(CN3CCCC3)cc2)N(Cc2ccc([N+](=O)[O-])o2)C=C1C(=O)OCCS(C)(=O)=O. The Morgan fingerprint density at radius 2 is 1.53 bits per heavy atom. The number of hydrogen-bond acceptors (Lipinski definition) is 14. The van der Waals surface area contributed by atoms with Crippen LogP contribution in [0.25, 0.3) is 0 Å². The molecule has 17 heteroatoms. The van der Waals surface area contributed by atoms with E-state index in [1.165, 1.54) is 24.4 Å². The number of furan rings is 1. The molecule has 1 saturated heterocycles. The van der Waals surface area contributed by atoms with Crippen molar-refractivity contribution in [1.82, 2.24) is 9.80 Å². The smallest absolute Gasteiger partial charge is 0.433 e. The topological polar surface area (TPSA) is 204 Å². The first-order chi connectivity index (χ1) is 24.1. The largest absolute Gasteiger partial charge is 0.461 e. The molecule has 1 aromatic carbocycles. The number of likely N-dealkylation sites (tertiary alicyclic amines) is 1. The number of rotatable bonds is 17. The van der Waals surface area contributed by atoms with Gasteiger partial charge < -0.3 is 23.9 Å². The van der Waals surface area contributed by atoms with Crippen LogP contribution < -0.4 is 0 Å². The number of benzene rings is 1. The number of aliphatic hydroxyl groups is 1. The summed E-state index contributed by atoms with van der Waals surface area (Å²) in [5.41, 5.74) is 1.73. The Labute approximate surface area is 297 Å². The first kappa shape index (κ1) is 39.5. The van der Waals surface area contributed by atoms with Gasteiger partial charge in [0.25, 0.3) is 0 Å². The molecule has 278 valence electrons. The van der Waals surface area contributed by atoms with Crippen molar-refractivity contribution in [1.29, 1.82) is 0 Å². The predicted molar refractivity (Wildman–Crippen MR) is 187 cm³/mol. The lowest BCUT2D eigenvalue weighted by molar-refractivity contribution is -0.402. The van der Waals surface area contributed by atoms with Gasteiger partial charge in [0.15, 0.2) is 19.7 Å². The lowest BCUT2D eigenvalue weighted by Gasteiger charge is -2.31. The van der Waals surface area contributed by atoms with Gasteiger partial charge in [-0.3, -0.25) is 15.0 Å². The molecule has 0 radical (unpaired) electrons. The zero-order valence-corrected chi connectivity index (χ0v) is 30.2. The maximum absolute atomic E-state index is 13.7. The summed E-state index contributed by atoms with van der Waals surface area (Å²) in [6.07, 6.45) is 9.33. The minimum atomic E-state index is -3.52. The maximum atomic E-state index is 13.7. The number of allylic oxidation sites excluding steroid dienone is 2. The summed E-state index contributed by atoms with van der Waals surface area (Å²) in [5, 5.41) is 21.1. The fourth-order valence-electron chi connectivity index (χ4n) is 5.60. The third-order valence-corrected chi connectivity index (χ3v) is 9.99. The van der Waals surface area contributed by atoms with Gasteiger partial charge in [0, 0.05) is 31.9 Å². The maximum Gasteiger partial charge on any atom is 0.433 e. The predicted octanol–water partition coefficient (Wildman–Crippen LogP) is 3.03. The van der Waals surface area contributed by atoms with Crippen LogP contribution >= 0.6 is 0 Å². The minimum absolute atomic E-state index is 0.131. The van der Waals surface area contributed by atoms with E-state index >= 15 is 0 Å². The monoisotopic (exact) mass is 749 g/mol. The summed E-state index contributed by atoms with van der Waals surface area (Å²) >= 11 is 0. The van der Waals surface area contributed by atoms with Crippen molar-refractivity contribution in [2.24, 2.45) is 0 Å². The van der Waals surface area contributed by atoms with Crippen molar-refractivity contribution in [3.8, 4) is 0 Å². The number of ether oxygens (including phenoxy) is 2. The van der Waals surface area contributed by atoms with Crippen molar-refractivity contribution in [2.75, 3.05) is 56.9 Å². The second-order valence-electron chi connectivity index (χ2n) is 12.5. The first-order valence-corrected chi connectivity index (χ1v) is 20.5. The quantitative estimate of drug-likeness (QED) is 0.140. The van der Waals surface area contributed by atoms with E-state index in [0.717, 1.165) is 56.1 Å². The molecular weight excluding hydrogens is 707 g/mol. The summed E-state index contributed by atoms with van der Waals surface area (Å²) < 4.78 is 63.1. The molecule has 15 nitrogen and oxygen atoms in total. The number of esters is 2. The molecule has 0 amide bonds. The van der Waals surface area contributed by atoms with E-state index in [-0.39, 0.29) is 42.9 Å². The van der Waals surface area contributed by atoms with Crippen LogP contribution in [0.1, 0.15) is 48.6 Å². The van der Waals surface area contributed by atoms with Gasteiger partial charge in [-0.05, 0) is 67.6 Å². The van der Waals surface area contributed by atoms with E-state index in [9.17, 15) is 41.6 Å². The molecule has 1 fully saturated rings.